The Bertz CT molecular complexity index is 1240. The molecule has 4 rings (SSSR count). The van der Waals surface area contributed by atoms with Gasteiger partial charge in [0.25, 0.3) is 11.8 Å². The van der Waals surface area contributed by atoms with Crippen LogP contribution in [0.1, 0.15) is 12.5 Å². The maximum absolute atomic E-state index is 11.2. The second-order valence-electron chi connectivity index (χ2n) is 6.97. The summed E-state index contributed by atoms with van der Waals surface area (Å²) < 4.78 is 8.25. The number of nitrogens with zero attached hydrogens (tertiary/aromatic N) is 2. The molecule has 0 spiro atoms. The first kappa shape index (κ1) is 33.4. The Morgan fingerprint density at radius 1 is 0.872 bits per heavy atom. The molecule has 39 heavy (non-hydrogen) atoms. The van der Waals surface area contributed by atoms with Gasteiger partial charge >= 0.3 is 17.9 Å². The van der Waals surface area contributed by atoms with E-state index < -0.39 is 11.9 Å². The van der Waals surface area contributed by atoms with E-state index in [9.17, 15) is 24.0 Å². The Hall–Kier alpha value is -5.62. The van der Waals surface area contributed by atoms with Crippen molar-refractivity contribution in [3.8, 4) is 6.07 Å². The third-order valence-corrected chi connectivity index (χ3v) is 4.04. The molecule has 0 atom stereocenters. The number of carbonyl (C=O) groups excluding carboxylic acids is 5. The van der Waals surface area contributed by atoms with Crippen molar-refractivity contribution in [3.05, 3.63) is 122 Å². The van der Waals surface area contributed by atoms with E-state index in [4.69, 9.17) is 5.26 Å². The van der Waals surface area contributed by atoms with Crippen LogP contribution in [0.2, 0.25) is 0 Å². The standard InChI is InChI=1S/C10H7NO2.C8H8.C5H8O2.C4H2O3.C3H3N/c12-9-6-7-10(13)11(9)8-4-2-1-3-5-8;1-2-8-6-4-3-5-7-8;1-4(2)5(6)7-3;5-3-1-2-4(6)7-3;1-2-3-4/h1-7H;2-7H,1H2;1H2,2-3H3;1-2H;2H,1H2. The zero-order valence-corrected chi connectivity index (χ0v) is 21.6. The van der Waals surface area contributed by atoms with Crippen LogP contribution < -0.4 is 4.90 Å². The van der Waals surface area contributed by atoms with Crippen molar-refractivity contribution in [1.82, 2.24) is 0 Å². The zero-order valence-electron chi connectivity index (χ0n) is 21.6. The first-order valence-electron chi connectivity index (χ1n) is 11.1. The number of ether oxygens (including phenoxy) is 2. The molecule has 0 bridgehead atoms. The number of esters is 3. The highest BCUT2D eigenvalue weighted by molar-refractivity contribution is 6.28. The molecular formula is C30H28N2O7. The first-order chi connectivity index (χ1) is 18.6. The van der Waals surface area contributed by atoms with Gasteiger partial charge < -0.3 is 9.47 Å². The number of anilines is 1. The van der Waals surface area contributed by atoms with Crippen LogP contribution in [-0.4, -0.2) is 36.8 Å². The second-order valence-corrected chi connectivity index (χ2v) is 6.97. The van der Waals surface area contributed by atoms with Gasteiger partial charge in [0.15, 0.2) is 0 Å². The summed E-state index contributed by atoms with van der Waals surface area (Å²) in [6, 6.07) is 20.6. The van der Waals surface area contributed by atoms with Gasteiger partial charge in [-0.3, -0.25) is 9.59 Å². The summed E-state index contributed by atoms with van der Waals surface area (Å²) in [5.41, 5.74) is 2.22. The largest absolute Gasteiger partial charge is 0.466 e. The quantitative estimate of drug-likeness (QED) is 0.187. The molecule has 2 aromatic rings. The third-order valence-electron chi connectivity index (χ3n) is 4.04. The van der Waals surface area contributed by atoms with Crippen molar-refractivity contribution in [1.29, 1.82) is 5.26 Å². The van der Waals surface area contributed by atoms with E-state index in [2.05, 4.69) is 29.2 Å². The molecule has 0 aliphatic carbocycles. The number of carbonyl (C=O) groups is 5. The topological polar surface area (TPSA) is 131 Å². The molecule has 2 heterocycles. The van der Waals surface area contributed by atoms with Gasteiger partial charge in [-0.25, -0.2) is 19.3 Å². The lowest BCUT2D eigenvalue weighted by Crippen LogP contribution is -2.29. The number of benzene rings is 2. The van der Waals surface area contributed by atoms with Crippen LogP contribution in [0.4, 0.5) is 5.69 Å². The second kappa shape index (κ2) is 19.6. The average molecular weight is 529 g/mol. The van der Waals surface area contributed by atoms with Crippen molar-refractivity contribution in [2.24, 2.45) is 0 Å². The maximum Gasteiger partial charge on any atom is 0.338 e. The monoisotopic (exact) mass is 528 g/mol. The minimum Gasteiger partial charge on any atom is -0.466 e. The molecular weight excluding hydrogens is 500 g/mol. The number of amides is 2. The molecule has 2 aliphatic heterocycles. The van der Waals surface area contributed by atoms with Crippen molar-refractivity contribution < 1.29 is 33.4 Å². The van der Waals surface area contributed by atoms with Gasteiger partial charge in [-0.1, -0.05) is 74.3 Å². The van der Waals surface area contributed by atoms with E-state index in [0.717, 1.165) is 17.1 Å². The molecule has 0 unspecified atom stereocenters. The predicted octanol–water partition coefficient (Wildman–Crippen LogP) is 4.50. The van der Waals surface area contributed by atoms with Crippen LogP contribution in [0.15, 0.2) is 116 Å². The van der Waals surface area contributed by atoms with E-state index in [1.54, 1.807) is 37.3 Å². The molecule has 9 nitrogen and oxygen atoms in total. The van der Waals surface area contributed by atoms with Crippen molar-refractivity contribution in [3.63, 3.8) is 0 Å². The molecule has 9 heteroatoms. The smallest absolute Gasteiger partial charge is 0.338 e. The molecule has 0 N–H and O–H groups in total. The number of methoxy groups -OCH3 is 1. The summed E-state index contributed by atoms with van der Waals surface area (Å²) in [5.74, 6) is -2.07. The number of imide groups is 1. The summed E-state index contributed by atoms with van der Waals surface area (Å²) in [6.07, 6.45) is 7.73. The lowest BCUT2D eigenvalue weighted by molar-refractivity contribution is -0.150. The number of hydrogen-bond acceptors (Lipinski definition) is 8. The molecule has 200 valence electrons. The minimum atomic E-state index is -0.579. The van der Waals surface area contributed by atoms with E-state index in [0.29, 0.717) is 11.3 Å². The van der Waals surface area contributed by atoms with Gasteiger partial charge in [0, 0.05) is 36.0 Å². The number of rotatable bonds is 3. The fourth-order valence-electron chi connectivity index (χ4n) is 2.30. The van der Waals surface area contributed by atoms with E-state index >= 15 is 0 Å². The number of nitriles is 1. The van der Waals surface area contributed by atoms with Crippen molar-refractivity contribution in [2.45, 2.75) is 6.92 Å². The predicted molar refractivity (Wildman–Crippen MR) is 147 cm³/mol. The summed E-state index contributed by atoms with van der Waals surface area (Å²) in [4.78, 5) is 53.6. The summed E-state index contributed by atoms with van der Waals surface area (Å²) in [6.45, 7) is 11.7. The normalized spacial score (nSPS) is 11.9. The Labute approximate surface area is 227 Å². The van der Waals surface area contributed by atoms with Crippen LogP contribution in [-0.2, 0) is 33.4 Å². The molecule has 2 aromatic carbocycles. The van der Waals surface area contributed by atoms with Crippen LogP contribution in [0.5, 0.6) is 0 Å². The van der Waals surface area contributed by atoms with Gasteiger partial charge in [-0.2, -0.15) is 5.26 Å². The third kappa shape index (κ3) is 14.5. The molecule has 0 fully saturated rings. The average Bonchev–Trinajstić information content (AvgIpc) is 3.51. The number of allylic oxidation sites excluding steroid dienone is 1. The number of hydrogen-bond donors (Lipinski definition) is 0. The molecule has 2 amide bonds. The molecule has 0 saturated heterocycles. The van der Waals surface area contributed by atoms with Crippen LogP contribution in [0, 0.1) is 11.3 Å². The lowest BCUT2D eigenvalue weighted by Gasteiger charge is -2.12. The molecule has 0 aromatic heterocycles. The summed E-state index contributed by atoms with van der Waals surface area (Å²) >= 11 is 0. The maximum atomic E-state index is 11.2. The van der Waals surface area contributed by atoms with E-state index in [-0.39, 0.29) is 17.8 Å². The highest BCUT2D eigenvalue weighted by Crippen LogP contribution is 2.17. The lowest BCUT2D eigenvalue weighted by atomic mass is 10.2. The zero-order chi connectivity index (χ0) is 29.6. The minimum absolute atomic E-state index is 0.281. The Morgan fingerprint density at radius 2 is 1.31 bits per heavy atom. The van der Waals surface area contributed by atoms with E-state index in [1.807, 2.05) is 42.5 Å². The SMILES string of the molecule is C=C(C)C(=O)OC.C=CC#N.C=Cc1ccccc1.O=C1C=CC(=O)N1c1ccccc1.O=C1C=CC(=O)O1. The van der Waals surface area contributed by atoms with Gasteiger partial charge in [0.05, 0.1) is 18.9 Å². The number of para-hydroxylation sites is 1. The highest BCUT2D eigenvalue weighted by Gasteiger charge is 2.24. The van der Waals surface area contributed by atoms with Gasteiger partial charge in [0.2, 0.25) is 0 Å². The first-order valence-corrected chi connectivity index (χ1v) is 11.1. The van der Waals surface area contributed by atoms with Crippen LogP contribution >= 0.6 is 0 Å². The molecule has 2 aliphatic rings. The van der Waals surface area contributed by atoms with E-state index in [1.165, 1.54) is 30.9 Å². The Morgan fingerprint density at radius 3 is 1.56 bits per heavy atom. The van der Waals surface area contributed by atoms with Crippen molar-refractivity contribution in [2.75, 3.05) is 12.0 Å². The van der Waals surface area contributed by atoms with Crippen molar-refractivity contribution >= 4 is 41.5 Å². The van der Waals surface area contributed by atoms with Gasteiger partial charge in [-0.05, 0) is 24.6 Å². The van der Waals surface area contributed by atoms with Crippen LogP contribution in [0.3, 0.4) is 0 Å². The molecule has 0 radical (unpaired) electrons. The summed E-state index contributed by atoms with van der Waals surface area (Å²) in [5, 5.41) is 7.51. The van der Waals surface area contributed by atoms with Gasteiger partial charge in [0.1, 0.15) is 0 Å². The number of cyclic esters (lactones) is 2. The summed E-state index contributed by atoms with van der Waals surface area (Å²) in [7, 11) is 1.33. The van der Waals surface area contributed by atoms with Crippen LogP contribution in [0.25, 0.3) is 6.08 Å². The Balaban J connectivity index is 0.000000490. The Kier molecular flexibility index (Phi) is 16.7. The highest BCUT2D eigenvalue weighted by atomic mass is 16.6. The molecule has 0 saturated carbocycles. The fraction of sp³-hybridized carbons (Fsp3) is 0.0667. The fourth-order valence-corrected chi connectivity index (χ4v) is 2.30. The van der Waals surface area contributed by atoms with Gasteiger partial charge in [-0.15, -0.1) is 0 Å².